The summed E-state index contributed by atoms with van der Waals surface area (Å²) in [4.78, 5) is 11.8. The Morgan fingerprint density at radius 2 is 2.41 bits per heavy atom. The van der Waals surface area contributed by atoms with Crippen LogP contribution in [-0.4, -0.2) is 30.3 Å². The van der Waals surface area contributed by atoms with Gasteiger partial charge in [0, 0.05) is 18.5 Å². The fraction of sp³-hybridized carbons (Fsp3) is 0.462. The smallest absolute Gasteiger partial charge is 0.251 e. The van der Waals surface area contributed by atoms with Gasteiger partial charge in [-0.15, -0.1) is 0 Å². The summed E-state index contributed by atoms with van der Waals surface area (Å²) in [5, 5.41) is 11.9. The van der Waals surface area contributed by atoms with Crippen molar-refractivity contribution < 1.29 is 14.6 Å². The van der Waals surface area contributed by atoms with Crippen LogP contribution in [0.3, 0.4) is 0 Å². The van der Waals surface area contributed by atoms with Crippen molar-refractivity contribution in [1.29, 1.82) is 0 Å². The SMILES string of the molecule is CC(O)CCNC(=O)c1ccc2c(c1)CCO2. The van der Waals surface area contributed by atoms with Gasteiger partial charge in [0.25, 0.3) is 5.91 Å². The van der Waals surface area contributed by atoms with Crippen molar-refractivity contribution in [1.82, 2.24) is 5.32 Å². The van der Waals surface area contributed by atoms with Crippen molar-refractivity contribution in [2.45, 2.75) is 25.9 Å². The zero-order valence-electron chi connectivity index (χ0n) is 9.90. The van der Waals surface area contributed by atoms with Crippen molar-refractivity contribution in [2.75, 3.05) is 13.2 Å². The summed E-state index contributed by atoms with van der Waals surface area (Å²) in [6.07, 6.45) is 1.05. The lowest BCUT2D eigenvalue weighted by atomic mass is 10.1. The fourth-order valence-corrected chi connectivity index (χ4v) is 1.82. The quantitative estimate of drug-likeness (QED) is 0.822. The normalized spacial score (nSPS) is 14.9. The number of aliphatic hydroxyl groups excluding tert-OH is 1. The van der Waals surface area contributed by atoms with Crippen LogP contribution in [0.4, 0.5) is 0 Å². The maximum atomic E-state index is 11.8. The Labute approximate surface area is 101 Å². The number of nitrogens with one attached hydrogen (secondary N) is 1. The van der Waals surface area contributed by atoms with Gasteiger partial charge in [-0.25, -0.2) is 0 Å². The van der Waals surface area contributed by atoms with Gasteiger partial charge in [0.2, 0.25) is 0 Å². The molecule has 17 heavy (non-hydrogen) atoms. The van der Waals surface area contributed by atoms with E-state index in [9.17, 15) is 4.79 Å². The van der Waals surface area contributed by atoms with Gasteiger partial charge < -0.3 is 15.2 Å². The molecule has 92 valence electrons. The van der Waals surface area contributed by atoms with E-state index in [1.54, 1.807) is 13.0 Å². The zero-order chi connectivity index (χ0) is 12.3. The molecule has 0 bridgehead atoms. The first kappa shape index (κ1) is 11.9. The van der Waals surface area contributed by atoms with Crippen LogP contribution < -0.4 is 10.1 Å². The van der Waals surface area contributed by atoms with Crippen molar-refractivity contribution in [3.63, 3.8) is 0 Å². The van der Waals surface area contributed by atoms with Crippen LogP contribution in [0.25, 0.3) is 0 Å². The largest absolute Gasteiger partial charge is 0.493 e. The highest BCUT2D eigenvalue weighted by Crippen LogP contribution is 2.25. The first-order valence-electron chi connectivity index (χ1n) is 5.89. The topological polar surface area (TPSA) is 58.6 Å². The molecule has 2 rings (SSSR count). The molecule has 1 heterocycles. The molecule has 1 aliphatic rings. The van der Waals surface area contributed by atoms with E-state index in [-0.39, 0.29) is 12.0 Å². The Kier molecular flexibility index (Phi) is 3.64. The first-order valence-corrected chi connectivity index (χ1v) is 5.89. The maximum Gasteiger partial charge on any atom is 0.251 e. The number of benzene rings is 1. The molecule has 0 saturated carbocycles. The molecule has 0 saturated heterocycles. The number of rotatable bonds is 4. The van der Waals surface area contributed by atoms with Crippen LogP contribution in [-0.2, 0) is 6.42 Å². The van der Waals surface area contributed by atoms with Crippen molar-refractivity contribution in [2.24, 2.45) is 0 Å². The minimum atomic E-state index is -0.385. The number of amides is 1. The highest BCUT2D eigenvalue weighted by Gasteiger charge is 2.14. The van der Waals surface area contributed by atoms with Crippen LogP contribution in [0.1, 0.15) is 29.3 Å². The second-order valence-corrected chi connectivity index (χ2v) is 4.31. The van der Waals surface area contributed by atoms with Gasteiger partial charge in [-0.05, 0) is 37.1 Å². The minimum Gasteiger partial charge on any atom is -0.493 e. The van der Waals surface area contributed by atoms with Gasteiger partial charge in [0.1, 0.15) is 5.75 Å². The predicted octanol–water partition coefficient (Wildman–Crippen LogP) is 1.12. The van der Waals surface area contributed by atoms with E-state index in [2.05, 4.69) is 5.32 Å². The lowest BCUT2D eigenvalue weighted by Gasteiger charge is -2.07. The molecule has 0 spiro atoms. The lowest BCUT2D eigenvalue weighted by molar-refractivity contribution is 0.0945. The zero-order valence-corrected chi connectivity index (χ0v) is 9.90. The molecule has 1 aromatic carbocycles. The summed E-state index contributed by atoms with van der Waals surface area (Å²) >= 11 is 0. The van der Waals surface area contributed by atoms with Crippen LogP contribution >= 0.6 is 0 Å². The van der Waals surface area contributed by atoms with E-state index >= 15 is 0 Å². The third kappa shape index (κ3) is 2.97. The van der Waals surface area contributed by atoms with Gasteiger partial charge >= 0.3 is 0 Å². The molecule has 1 atom stereocenters. The molecule has 1 aromatic rings. The fourth-order valence-electron chi connectivity index (χ4n) is 1.82. The molecule has 2 N–H and O–H groups in total. The van der Waals surface area contributed by atoms with Crippen LogP contribution in [0, 0.1) is 0 Å². The number of aliphatic hydroxyl groups is 1. The Balaban J connectivity index is 1.95. The van der Waals surface area contributed by atoms with E-state index in [1.807, 2.05) is 12.1 Å². The Bertz CT molecular complexity index is 415. The molecular formula is C13H17NO3. The predicted molar refractivity (Wildman–Crippen MR) is 64.3 cm³/mol. The first-order chi connectivity index (χ1) is 8.16. The Hall–Kier alpha value is -1.55. The Morgan fingerprint density at radius 3 is 3.18 bits per heavy atom. The summed E-state index contributed by atoms with van der Waals surface area (Å²) in [7, 11) is 0. The van der Waals surface area contributed by atoms with E-state index < -0.39 is 0 Å². The third-order valence-electron chi connectivity index (χ3n) is 2.80. The summed E-state index contributed by atoms with van der Waals surface area (Å²) in [5.41, 5.74) is 1.74. The molecule has 4 nitrogen and oxygen atoms in total. The molecule has 0 aromatic heterocycles. The average Bonchev–Trinajstić information content (AvgIpc) is 2.75. The van der Waals surface area contributed by atoms with Crippen LogP contribution in [0.5, 0.6) is 5.75 Å². The number of hydrogen-bond donors (Lipinski definition) is 2. The van der Waals surface area contributed by atoms with E-state index in [4.69, 9.17) is 9.84 Å². The van der Waals surface area contributed by atoms with Crippen LogP contribution in [0.2, 0.25) is 0 Å². The molecule has 4 heteroatoms. The van der Waals surface area contributed by atoms with E-state index in [0.29, 0.717) is 25.1 Å². The molecule has 0 aliphatic carbocycles. The van der Waals surface area contributed by atoms with Crippen molar-refractivity contribution >= 4 is 5.91 Å². The summed E-state index contributed by atoms with van der Waals surface area (Å²) in [6, 6.07) is 5.48. The van der Waals surface area contributed by atoms with Gasteiger partial charge in [0.15, 0.2) is 0 Å². The molecule has 1 unspecified atom stereocenters. The summed E-state index contributed by atoms with van der Waals surface area (Å²) in [6.45, 7) is 2.89. The molecule has 1 amide bonds. The number of carbonyl (C=O) groups excluding carboxylic acids is 1. The summed E-state index contributed by atoms with van der Waals surface area (Å²) < 4.78 is 5.38. The van der Waals surface area contributed by atoms with Gasteiger partial charge in [-0.3, -0.25) is 4.79 Å². The number of fused-ring (bicyclic) bond motifs is 1. The van der Waals surface area contributed by atoms with E-state index in [0.717, 1.165) is 17.7 Å². The standard InChI is InChI=1S/C13H17NO3/c1-9(15)4-6-14-13(16)11-2-3-12-10(8-11)5-7-17-12/h2-3,8-9,15H,4-7H2,1H3,(H,14,16). The molecule has 0 fully saturated rings. The van der Waals surface area contributed by atoms with Gasteiger partial charge in [-0.2, -0.15) is 0 Å². The average molecular weight is 235 g/mol. The summed E-state index contributed by atoms with van der Waals surface area (Å²) in [5.74, 6) is 0.783. The molecule has 1 aliphatic heterocycles. The van der Waals surface area contributed by atoms with Crippen LogP contribution in [0.15, 0.2) is 18.2 Å². The number of hydrogen-bond acceptors (Lipinski definition) is 3. The highest BCUT2D eigenvalue weighted by atomic mass is 16.5. The molecular weight excluding hydrogens is 218 g/mol. The van der Waals surface area contributed by atoms with Gasteiger partial charge in [-0.1, -0.05) is 0 Å². The second kappa shape index (κ2) is 5.19. The van der Waals surface area contributed by atoms with E-state index in [1.165, 1.54) is 0 Å². The van der Waals surface area contributed by atoms with Crippen molar-refractivity contribution in [3.8, 4) is 5.75 Å². The van der Waals surface area contributed by atoms with Crippen molar-refractivity contribution in [3.05, 3.63) is 29.3 Å². The second-order valence-electron chi connectivity index (χ2n) is 4.31. The lowest BCUT2D eigenvalue weighted by Crippen LogP contribution is -2.26. The number of carbonyl (C=O) groups is 1. The highest BCUT2D eigenvalue weighted by molar-refractivity contribution is 5.94. The monoisotopic (exact) mass is 235 g/mol. The van der Waals surface area contributed by atoms with Gasteiger partial charge in [0.05, 0.1) is 12.7 Å². The third-order valence-corrected chi connectivity index (χ3v) is 2.80. The molecule has 0 radical (unpaired) electrons. The Morgan fingerprint density at radius 1 is 1.59 bits per heavy atom. The minimum absolute atomic E-state index is 0.0969. The number of ether oxygens (including phenoxy) is 1. The maximum absolute atomic E-state index is 11.8.